The van der Waals surface area contributed by atoms with Gasteiger partial charge in [0.1, 0.15) is 5.69 Å². The average molecular weight is 374 g/mol. The van der Waals surface area contributed by atoms with Crippen LogP contribution in [0.2, 0.25) is 5.02 Å². The zero-order valence-electron chi connectivity index (χ0n) is 14.7. The van der Waals surface area contributed by atoms with Gasteiger partial charge < -0.3 is 15.1 Å². The highest BCUT2D eigenvalue weighted by atomic mass is 35.5. The van der Waals surface area contributed by atoms with Crippen molar-refractivity contribution in [3.63, 3.8) is 0 Å². The number of amides is 2. The number of carbonyl (C=O) groups is 2. The molecular weight excluding hydrogens is 354 g/mol. The van der Waals surface area contributed by atoms with Gasteiger partial charge in [-0.25, -0.2) is 9.97 Å². The van der Waals surface area contributed by atoms with Crippen LogP contribution >= 0.6 is 11.6 Å². The summed E-state index contributed by atoms with van der Waals surface area (Å²) in [6, 6.07) is 6.95. The number of hydrogen-bond donors (Lipinski definition) is 1. The number of nitrogens with one attached hydrogen (secondary N) is 1. The third-order valence-corrected chi connectivity index (χ3v) is 4.49. The monoisotopic (exact) mass is 373 g/mol. The van der Waals surface area contributed by atoms with Crippen molar-refractivity contribution in [1.29, 1.82) is 0 Å². The molecule has 2 aromatic rings. The van der Waals surface area contributed by atoms with Crippen LogP contribution in [-0.2, 0) is 4.79 Å². The van der Waals surface area contributed by atoms with Gasteiger partial charge in [0.2, 0.25) is 12.4 Å². The van der Waals surface area contributed by atoms with E-state index in [9.17, 15) is 9.59 Å². The minimum absolute atomic E-state index is 0.298. The maximum atomic E-state index is 12.6. The molecule has 0 spiro atoms. The molecule has 1 aromatic carbocycles. The highest BCUT2D eigenvalue weighted by Gasteiger charge is 2.20. The lowest BCUT2D eigenvalue weighted by Crippen LogP contribution is -2.46. The smallest absolute Gasteiger partial charge is 0.274 e. The Morgan fingerprint density at radius 3 is 2.54 bits per heavy atom. The Kier molecular flexibility index (Phi) is 5.37. The number of carbonyl (C=O) groups excluding carboxylic acids is 2. The van der Waals surface area contributed by atoms with Crippen LogP contribution in [0, 0.1) is 13.8 Å². The first kappa shape index (κ1) is 18.1. The second-order valence-corrected chi connectivity index (χ2v) is 6.67. The second-order valence-electron chi connectivity index (χ2n) is 6.24. The van der Waals surface area contributed by atoms with E-state index in [0.717, 1.165) is 12.0 Å². The van der Waals surface area contributed by atoms with Gasteiger partial charge in [-0.1, -0.05) is 11.6 Å². The minimum Gasteiger partial charge on any atom is -0.342 e. The van der Waals surface area contributed by atoms with E-state index in [4.69, 9.17) is 11.6 Å². The quantitative estimate of drug-likeness (QED) is 0.832. The molecule has 0 bridgehead atoms. The number of rotatable bonds is 4. The zero-order chi connectivity index (χ0) is 18.7. The summed E-state index contributed by atoms with van der Waals surface area (Å²) >= 11 is 5.95. The second kappa shape index (κ2) is 7.70. The summed E-state index contributed by atoms with van der Waals surface area (Å²) in [6.07, 6.45) is 0.849. The Balaban J connectivity index is 1.78. The van der Waals surface area contributed by atoms with Gasteiger partial charge in [0, 0.05) is 42.6 Å². The van der Waals surface area contributed by atoms with Crippen LogP contribution < -0.4 is 10.2 Å². The molecule has 0 unspecified atom stereocenters. The Morgan fingerprint density at radius 1 is 1.15 bits per heavy atom. The van der Waals surface area contributed by atoms with Crippen LogP contribution in [0.5, 0.6) is 0 Å². The predicted molar refractivity (Wildman–Crippen MR) is 101 cm³/mol. The lowest BCUT2D eigenvalue weighted by Gasteiger charge is -2.32. The maximum Gasteiger partial charge on any atom is 0.274 e. The molecule has 0 aliphatic carbocycles. The molecular formula is C18H20ClN5O2. The molecule has 1 saturated heterocycles. The Morgan fingerprint density at radius 2 is 1.88 bits per heavy atom. The Bertz CT molecular complexity index is 834. The summed E-state index contributed by atoms with van der Waals surface area (Å²) < 4.78 is 0. The van der Waals surface area contributed by atoms with Crippen molar-refractivity contribution in [3.05, 3.63) is 46.2 Å². The lowest BCUT2D eigenvalue weighted by atomic mass is 10.2. The van der Waals surface area contributed by atoms with E-state index in [2.05, 4.69) is 15.3 Å². The highest BCUT2D eigenvalue weighted by molar-refractivity contribution is 6.30. The van der Waals surface area contributed by atoms with E-state index in [-0.39, 0.29) is 5.91 Å². The first-order valence-corrected chi connectivity index (χ1v) is 8.71. The Hall–Kier alpha value is -2.67. The molecule has 1 fully saturated rings. The van der Waals surface area contributed by atoms with Crippen molar-refractivity contribution in [2.45, 2.75) is 13.8 Å². The summed E-state index contributed by atoms with van der Waals surface area (Å²) in [4.78, 5) is 36.0. The fourth-order valence-electron chi connectivity index (χ4n) is 2.79. The Labute approximate surface area is 157 Å². The number of aromatic nitrogens is 2. The molecule has 8 heteroatoms. The molecule has 1 aromatic heterocycles. The first-order valence-electron chi connectivity index (χ1n) is 8.34. The van der Waals surface area contributed by atoms with Gasteiger partial charge in [-0.05, 0) is 43.7 Å². The number of halogens is 1. The van der Waals surface area contributed by atoms with Crippen molar-refractivity contribution < 1.29 is 9.59 Å². The number of piperazine rings is 1. The van der Waals surface area contributed by atoms with E-state index in [1.807, 2.05) is 18.7 Å². The van der Waals surface area contributed by atoms with Gasteiger partial charge >= 0.3 is 0 Å². The third-order valence-electron chi connectivity index (χ3n) is 4.26. The van der Waals surface area contributed by atoms with E-state index in [1.165, 1.54) is 0 Å². The number of hydrogen-bond acceptors (Lipinski definition) is 5. The summed E-state index contributed by atoms with van der Waals surface area (Å²) in [7, 11) is 0. The summed E-state index contributed by atoms with van der Waals surface area (Å²) in [6.45, 7) is 6.22. The van der Waals surface area contributed by atoms with Gasteiger partial charge in [-0.3, -0.25) is 9.59 Å². The molecule has 2 heterocycles. The highest BCUT2D eigenvalue weighted by Crippen LogP contribution is 2.20. The van der Waals surface area contributed by atoms with Crippen molar-refractivity contribution in [2.24, 2.45) is 0 Å². The molecule has 7 nitrogen and oxygen atoms in total. The van der Waals surface area contributed by atoms with Crippen molar-refractivity contribution in [2.75, 3.05) is 36.4 Å². The van der Waals surface area contributed by atoms with Crippen molar-refractivity contribution in [3.8, 4) is 0 Å². The topological polar surface area (TPSA) is 78.4 Å². The summed E-state index contributed by atoms with van der Waals surface area (Å²) in [5.41, 5.74) is 2.59. The first-order chi connectivity index (χ1) is 12.5. The van der Waals surface area contributed by atoms with Gasteiger partial charge in [0.25, 0.3) is 5.91 Å². The molecule has 0 radical (unpaired) electrons. The SMILES string of the molecule is Cc1cc(C(=O)Nc2ccc(Cl)cc2C)nc(N2CCN(C=O)CC2)n1. The van der Waals surface area contributed by atoms with Gasteiger partial charge in [0.15, 0.2) is 0 Å². The van der Waals surface area contributed by atoms with E-state index in [0.29, 0.717) is 54.2 Å². The molecule has 1 aliphatic heterocycles. The predicted octanol–water partition coefficient (Wildman–Crippen LogP) is 2.28. The zero-order valence-corrected chi connectivity index (χ0v) is 15.5. The number of benzene rings is 1. The van der Waals surface area contributed by atoms with Crippen LogP contribution in [0.3, 0.4) is 0 Å². The fourth-order valence-corrected chi connectivity index (χ4v) is 3.02. The van der Waals surface area contributed by atoms with Crippen molar-refractivity contribution >= 4 is 35.6 Å². The van der Waals surface area contributed by atoms with Crippen LogP contribution in [-0.4, -0.2) is 53.4 Å². The largest absolute Gasteiger partial charge is 0.342 e. The van der Waals surface area contributed by atoms with Crippen LogP contribution in [0.1, 0.15) is 21.7 Å². The van der Waals surface area contributed by atoms with E-state index >= 15 is 0 Å². The fraction of sp³-hybridized carbons (Fsp3) is 0.333. The van der Waals surface area contributed by atoms with Crippen LogP contribution in [0.4, 0.5) is 11.6 Å². The van der Waals surface area contributed by atoms with E-state index < -0.39 is 0 Å². The van der Waals surface area contributed by atoms with Crippen molar-refractivity contribution in [1.82, 2.24) is 14.9 Å². The molecule has 0 atom stereocenters. The van der Waals surface area contributed by atoms with Crippen LogP contribution in [0.15, 0.2) is 24.3 Å². The van der Waals surface area contributed by atoms with Gasteiger partial charge in [0.05, 0.1) is 0 Å². The molecule has 136 valence electrons. The summed E-state index contributed by atoms with van der Waals surface area (Å²) in [5.74, 6) is 0.210. The molecule has 3 rings (SSSR count). The molecule has 26 heavy (non-hydrogen) atoms. The molecule has 1 aliphatic rings. The van der Waals surface area contributed by atoms with Gasteiger partial charge in [-0.2, -0.15) is 0 Å². The summed E-state index contributed by atoms with van der Waals surface area (Å²) in [5, 5.41) is 3.49. The normalized spacial score (nSPS) is 14.3. The standard InChI is InChI=1S/C18H20ClN5O2/c1-12-9-14(19)3-4-15(12)21-17(26)16-10-13(2)20-18(22-16)24-7-5-23(11-25)6-8-24/h3-4,9-11H,5-8H2,1-2H3,(H,21,26). The maximum absolute atomic E-state index is 12.6. The van der Waals surface area contributed by atoms with Gasteiger partial charge in [-0.15, -0.1) is 0 Å². The number of nitrogens with zero attached hydrogens (tertiary/aromatic N) is 4. The third kappa shape index (κ3) is 4.11. The number of anilines is 2. The molecule has 1 N–H and O–H groups in total. The molecule has 0 saturated carbocycles. The lowest BCUT2D eigenvalue weighted by molar-refractivity contribution is -0.118. The number of aryl methyl sites for hydroxylation is 2. The average Bonchev–Trinajstić information content (AvgIpc) is 2.63. The van der Waals surface area contributed by atoms with E-state index in [1.54, 1.807) is 29.2 Å². The van der Waals surface area contributed by atoms with Crippen LogP contribution in [0.25, 0.3) is 0 Å². The molecule has 2 amide bonds. The minimum atomic E-state index is -0.298.